The monoisotopic (exact) mass is 357 g/mol. The van der Waals surface area contributed by atoms with Gasteiger partial charge < -0.3 is 10.1 Å². The number of aryl methyl sites for hydroxylation is 1. The zero-order valence-electron chi connectivity index (χ0n) is 14.2. The fourth-order valence-electron chi connectivity index (χ4n) is 2.86. The van der Waals surface area contributed by atoms with Gasteiger partial charge in [-0.1, -0.05) is 17.7 Å². The highest BCUT2D eigenvalue weighted by atomic mass is 32.1. The Morgan fingerprint density at radius 2 is 1.92 bits per heavy atom. The SMILES string of the molecule is CCOC(=O)c1c(NC(=O)c2ccc(C)cc2)sc2c1CCCC2=O. The van der Waals surface area contributed by atoms with Crippen molar-refractivity contribution in [3.05, 3.63) is 51.4 Å². The van der Waals surface area contributed by atoms with Gasteiger partial charge in [-0.05, 0) is 44.4 Å². The van der Waals surface area contributed by atoms with Crippen molar-refractivity contribution in [2.45, 2.75) is 33.1 Å². The van der Waals surface area contributed by atoms with Crippen LogP contribution in [-0.4, -0.2) is 24.3 Å². The number of fused-ring (bicyclic) bond motifs is 1. The number of carbonyl (C=O) groups is 3. The van der Waals surface area contributed by atoms with Crippen molar-refractivity contribution in [1.82, 2.24) is 0 Å². The number of esters is 1. The second-order valence-corrected chi connectivity index (χ2v) is 6.95. The molecule has 1 aromatic heterocycles. The smallest absolute Gasteiger partial charge is 0.341 e. The molecule has 0 saturated heterocycles. The highest BCUT2D eigenvalue weighted by Crippen LogP contribution is 2.38. The fraction of sp³-hybridized carbons (Fsp3) is 0.316. The van der Waals surface area contributed by atoms with E-state index in [-0.39, 0.29) is 18.3 Å². The van der Waals surface area contributed by atoms with Crippen molar-refractivity contribution in [2.24, 2.45) is 0 Å². The number of anilines is 1. The van der Waals surface area contributed by atoms with E-state index in [9.17, 15) is 14.4 Å². The molecule has 25 heavy (non-hydrogen) atoms. The molecule has 0 spiro atoms. The van der Waals surface area contributed by atoms with Crippen LogP contribution in [0.5, 0.6) is 0 Å². The maximum absolute atomic E-state index is 12.5. The number of nitrogens with one attached hydrogen (secondary N) is 1. The van der Waals surface area contributed by atoms with E-state index < -0.39 is 5.97 Å². The molecule has 5 nitrogen and oxygen atoms in total. The number of ketones is 1. The molecule has 1 amide bonds. The van der Waals surface area contributed by atoms with E-state index in [0.717, 1.165) is 5.56 Å². The molecule has 1 aliphatic carbocycles. The Labute approximate surface area is 150 Å². The Morgan fingerprint density at radius 3 is 2.60 bits per heavy atom. The Kier molecular flexibility index (Phi) is 4.99. The van der Waals surface area contributed by atoms with E-state index in [1.807, 2.05) is 19.1 Å². The van der Waals surface area contributed by atoms with Gasteiger partial charge in [-0.2, -0.15) is 0 Å². The summed E-state index contributed by atoms with van der Waals surface area (Å²) in [4.78, 5) is 37.6. The van der Waals surface area contributed by atoms with E-state index in [2.05, 4.69) is 5.32 Å². The topological polar surface area (TPSA) is 72.5 Å². The van der Waals surface area contributed by atoms with Crippen LogP contribution in [0.4, 0.5) is 5.00 Å². The predicted octanol–water partition coefficient (Wildman–Crippen LogP) is 4.00. The Morgan fingerprint density at radius 1 is 1.20 bits per heavy atom. The van der Waals surface area contributed by atoms with Gasteiger partial charge in [0.1, 0.15) is 5.00 Å². The second kappa shape index (κ2) is 7.19. The third-order valence-corrected chi connectivity index (χ3v) is 5.30. The second-order valence-electron chi connectivity index (χ2n) is 5.93. The average Bonchev–Trinajstić information content (AvgIpc) is 2.95. The highest BCUT2D eigenvalue weighted by molar-refractivity contribution is 7.18. The maximum atomic E-state index is 12.5. The maximum Gasteiger partial charge on any atom is 0.341 e. The first kappa shape index (κ1) is 17.4. The van der Waals surface area contributed by atoms with Crippen LogP contribution in [0.3, 0.4) is 0 Å². The molecule has 0 fully saturated rings. The van der Waals surface area contributed by atoms with Crippen LogP contribution >= 0.6 is 11.3 Å². The zero-order chi connectivity index (χ0) is 18.0. The molecule has 130 valence electrons. The lowest BCUT2D eigenvalue weighted by Crippen LogP contribution is -2.16. The van der Waals surface area contributed by atoms with E-state index in [0.29, 0.717) is 45.8 Å². The fourth-order valence-corrected chi connectivity index (χ4v) is 4.06. The number of hydrogen-bond donors (Lipinski definition) is 1. The summed E-state index contributed by atoms with van der Waals surface area (Å²) in [5, 5.41) is 3.18. The molecule has 1 heterocycles. The van der Waals surface area contributed by atoms with Gasteiger partial charge in [-0.3, -0.25) is 9.59 Å². The quantitative estimate of drug-likeness (QED) is 0.839. The first-order chi connectivity index (χ1) is 12.0. The first-order valence-electron chi connectivity index (χ1n) is 8.25. The van der Waals surface area contributed by atoms with Gasteiger partial charge in [-0.15, -0.1) is 11.3 Å². The summed E-state index contributed by atoms with van der Waals surface area (Å²) >= 11 is 1.17. The minimum atomic E-state index is -0.492. The van der Waals surface area contributed by atoms with Gasteiger partial charge in [0.25, 0.3) is 5.91 Å². The number of ether oxygens (including phenoxy) is 1. The number of hydrogen-bond acceptors (Lipinski definition) is 5. The molecule has 1 aromatic carbocycles. The van der Waals surface area contributed by atoms with E-state index >= 15 is 0 Å². The number of thiophene rings is 1. The lowest BCUT2D eigenvalue weighted by molar-refractivity contribution is 0.0527. The third-order valence-electron chi connectivity index (χ3n) is 4.11. The Balaban J connectivity index is 1.97. The number of benzene rings is 1. The summed E-state index contributed by atoms with van der Waals surface area (Å²) in [5.74, 6) is -0.780. The van der Waals surface area contributed by atoms with Crippen molar-refractivity contribution >= 4 is 34.0 Å². The van der Waals surface area contributed by atoms with Crippen LogP contribution in [0.15, 0.2) is 24.3 Å². The van der Waals surface area contributed by atoms with Crippen LogP contribution in [0.25, 0.3) is 0 Å². The highest BCUT2D eigenvalue weighted by Gasteiger charge is 2.30. The molecular weight excluding hydrogens is 338 g/mol. The van der Waals surface area contributed by atoms with Gasteiger partial charge in [0.2, 0.25) is 0 Å². The van der Waals surface area contributed by atoms with Crippen LogP contribution in [0.1, 0.15) is 61.3 Å². The molecule has 1 aliphatic rings. The third kappa shape index (κ3) is 3.49. The van der Waals surface area contributed by atoms with Crippen molar-refractivity contribution in [3.63, 3.8) is 0 Å². The Bertz CT molecular complexity index is 836. The first-order valence-corrected chi connectivity index (χ1v) is 9.07. The van der Waals surface area contributed by atoms with Crippen LogP contribution < -0.4 is 5.32 Å². The lowest BCUT2D eigenvalue weighted by atomic mass is 9.94. The molecule has 1 N–H and O–H groups in total. The van der Waals surface area contributed by atoms with Gasteiger partial charge >= 0.3 is 5.97 Å². The average molecular weight is 357 g/mol. The summed E-state index contributed by atoms with van der Waals surface area (Å²) in [6, 6.07) is 7.16. The zero-order valence-corrected chi connectivity index (χ0v) is 15.0. The normalized spacial score (nSPS) is 13.3. The predicted molar refractivity (Wildman–Crippen MR) is 96.7 cm³/mol. The van der Waals surface area contributed by atoms with Gasteiger partial charge in [0.15, 0.2) is 5.78 Å². The van der Waals surface area contributed by atoms with Gasteiger partial charge in [-0.25, -0.2) is 4.79 Å². The Hall–Kier alpha value is -2.47. The molecule has 3 rings (SSSR count). The van der Waals surface area contributed by atoms with Crippen molar-refractivity contribution in [3.8, 4) is 0 Å². The summed E-state index contributed by atoms with van der Waals surface area (Å²) in [6.45, 7) is 3.91. The molecule has 2 aromatic rings. The van der Waals surface area contributed by atoms with E-state index in [1.165, 1.54) is 11.3 Å². The van der Waals surface area contributed by atoms with Crippen LogP contribution in [0, 0.1) is 6.92 Å². The summed E-state index contributed by atoms with van der Waals surface area (Å²) in [6.07, 6.45) is 1.83. The molecule has 0 atom stereocenters. The number of carbonyl (C=O) groups excluding carboxylic acids is 3. The molecule has 0 aliphatic heterocycles. The summed E-state index contributed by atoms with van der Waals surface area (Å²) in [7, 11) is 0. The molecule has 6 heteroatoms. The largest absolute Gasteiger partial charge is 0.462 e. The summed E-state index contributed by atoms with van der Waals surface area (Å²) in [5.41, 5.74) is 2.59. The lowest BCUT2D eigenvalue weighted by Gasteiger charge is -2.11. The van der Waals surface area contributed by atoms with Crippen molar-refractivity contribution in [1.29, 1.82) is 0 Å². The van der Waals surface area contributed by atoms with Crippen molar-refractivity contribution < 1.29 is 19.1 Å². The van der Waals surface area contributed by atoms with Crippen LogP contribution in [0.2, 0.25) is 0 Å². The van der Waals surface area contributed by atoms with Gasteiger partial charge in [0.05, 0.1) is 17.0 Å². The van der Waals surface area contributed by atoms with E-state index in [4.69, 9.17) is 4.74 Å². The minimum absolute atomic E-state index is 0.0210. The molecule has 0 radical (unpaired) electrons. The summed E-state index contributed by atoms with van der Waals surface area (Å²) < 4.78 is 5.14. The molecule has 0 saturated carbocycles. The number of rotatable bonds is 4. The molecular formula is C19H19NO4S. The van der Waals surface area contributed by atoms with Gasteiger partial charge in [0, 0.05) is 12.0 Å². The number of amides is 1. The number of Topliss-reactive ketones (excluding diaryl/α,β-unsaturated/α-hetero) is 1. The minimum Gasteiger partial charge on any atom is -0.462 e. The standard InChI is InChI=1S/C19H19NO4S/c1-3-24-19(23)15-13-5-4-6-14(21)16(13)25-18(15)20-17(22)12-9-7-11(2)8-10-12/h7-10H,3-6H2,1-2H3,(H,20,22). The van der Waals surface area contributed by atoms with Crippen molar-refractivity contribution in [2.75, 3.05) is 11.9 Å². The molecule has 0 unspecified atom stereocenters. The molecule has 0 bridgehead atoms. The van der Waals surface area contributed by atoms with Crippen LogP contribution in [-0.2, 0) is 11.2 Å². The van der Waals surface area contributed by atoms with E-state index in [1.54, 1.807) is 19.1 Å².